The molecule has 1 aliphatic rings. The molecule has 5 aromatic rings. The third-order valence-electron chi connectivity index (χ3n) is 15.7. The van der Waals surface area contributed by atoms with Gasteiger partial charge in [0.2, 0.25) is 23.6 Å². The molecule has 14 nitrogen and oxygen atoms in total. The number of esters is 1. The standard InChI is InChI=1S/C64H86N6O8S2/c1-13-44(6)57(69(10)62(74)55(42(2)3)67-60(73)56(43(4)5)68(8)9)53(76-11)40-54(71)70-36-26-35-52(70)58(77-12)45(7)59(72)65-50(39-46-27-18-14-19-28-46)61-66-51(41-79-61)63(75)78-37-38-80-64(47-29-20-15-21-30-47,48-31-22-16-23-32-48)49-33-24-17-25-34-49/h14-25,27-34,41-45,50,52-53,55-58H,13,26,35-40H2,1-12H3,(H,65,72)(H,67,73)/t44-,45+,50-,52?,53+,55?,56?,57-,58+/m0/s1. The number of rotatable bonds is 29. The zero-order valence-corrected chi connectivity index (χ0v) is 50.6. The zero-order chi connectivity index (χ0) is 58.1. The van der Waals surface area contributed by atoms with Gasteiger partial charge in [0.15, 0.2) is 5.69 Å². The molecule has 4 amide bonds. The van der Waals surface area contributed by atoms with Crippen molar-refractivity contribution in [3.8, 4) is 0 Å². The number of methoxy groups -OCH3 is 2. The van der Waals surface area contributed by atoms with Gasteiger partial charge in [-0.15, -0.1) is 23.1 Å². The molecule has 9 atom stereocenters. The summed E-state index contributed by atoms with van der Waals surface area (Å²) < 4.78 is 17.7. The van der Waals surface area contributed by atoms with Crippen LogP contribution in [0.5, 0.6) is 0 Å². The van der Waals surface area contributed by atoms with E-state index in [9.17, 15) is 24.0 Å². The fraction of sp³-hybridized carbons (Fsp3) is 0.500. The summed E-state index contributed by atoms with van der Waals surface area (Å²) in [6, 6.07) is 38.3. The van der Waals surface area contributed by atoms with Crippen molar-refractivity contribution in [2.24, 2.45) is 23.7 Å². The molecule has 4 aromatic carbocycles. The second-order valence-electron chi connectivity index (χ2n) is 22.1. The molecule has 1 fully saturated rings. The van der Waals surface area contributed by atoms with Crippen molar-refractivity contribution in [3.05, 3.63) is 160 Å². The molecule has 2 heterocycles. The smallest absolute Gasteiger partial charge is 0.357 e. The lowest BCUT2D eigenvalue weighted by molar-refractivity contribution is -0.148. The van der Waals surface area contributed by atoms with Crippen LogP contribution in [0.1, 0.15) is 118 Å². The molecule has 0 aliphatic carbocycles. The van der Waals surface area contributed by atoms with Gasteiger partial charge < -0.3 is 34.6 Å². The Morgan fingerprint density at radius 2 is 1.32 bits per heavy atom. The molecule has 432 valence electrons. The largest absolute Gasteiger partial charge is 0.460 e. The monoisotopic (exact) mass is 1130 g/mol. The van der Waals surface area contributed by atoms with Gasteiger partial charge in [0.05, 0.1) is 53.5 Å². The Kier molecular flexibility index (Phi) is 23.9. The predicted molar refractivity (Wildman–Crippen MR) is 320 cm³/mol. The first kappa shape index (κ1) is 63.3. The topological polar surface area (TPSA) is 160 Å². The summed E-state index contributed by atoms with van der Waals surface area (Å²) in [4.78, 5) is 81.3. The van der Waals surface area contributed by atoms with E-state index in [1.54, 1.807) is 43.3 Å². The van der Waals surface area contributed by atoms with Gasteiger partial charge in [-0.25, -0.2) is 9.78 Å². The molecule has 6 rings (SSSR count). The van der Waals surface area contributed by atoms with E-state index in [2.05, 4.69) is 47.0 Å². The van der Waals surface area contributed by atoms with Gasteiger partial charge in [-0.2, -0.15) is 0 Å². The number of nitrogens with one attached hydrogen (secondary N) is 2. The van der Waals surface area contributed by atoms with E-state index >= 15 is 0 Å². The maximum absolute atomic E-state index is 14.6. The van der Waals surface area contributed by atoms with E-state index in [0.29, 0.717) is 36.6 Å². The lowest BCUT2D eigenvalue weighted by Crippen LogP contribution is -2.59. The SMILES string of the molecule is CC[C@H](C)[C@@H]([C@@H](CC(=O)N1CCCC1[C@H](OC)[C@@H](C)C(=O)N[C@@H](Cc1ccccc1)c1nc(C(=O)OCCSC(c2ccccc2)(c2ccccc2)c2ccccc2)cs1)OC)N(C)C(=O)C(NC(=O)C(C(C)C)N(C)C)C(C)C. The van der Waals surface area contributed by atoms with Crippen LogP contribution in [0.25, 0.3) is 0 Å². The van der Waals surface area contributed by atoms with Crippen LogP contribution in [0.4, 0.5) is 0 Å². The van der Waals surface area contributed by atoms with E-state index in [1.165, 1.54) is 11.3 Å². The fourth-order valence-electron chi connectivity index (χ4n) is 11.5. The number of thiazole rings is 1. The first-order valence-electron chi connectivity index (χ1n) is 28.2. The first-order valence-corrected chi connectivity index (χ1v) is 30.1. The van der Waals surface area contributed by atoms with Crippen molar-refractivity contribution >= 4 is 52.7 Å². The number of aromatic nitrogens is 1. The van der Waals surface area contributed by atoms with Crippen LogP contribution in [0.2, 0.25) is 0 Å². The van der Waals surface area contributed by atoms with Crippen LogP contribution in [0, 0.1) is 23.7 Å². The summed E-state index contributed by atoms with van der Waals surface area (Å²) in [6.45, 7) is 14.3. The van der Waals surface area contributed by atoms with Crippen molar-refractivity contribution < 1.29 is 38.2 Å². The van der Waals surface area contributed by atoms with Gasteiger partial charge in [0.1, 0.15) is 17.7 Å². The number of hydrogen-bond donors (Lipinski definition) is 2. The highest BCUT2D eigenvalue weighted by Gasteiger charge is 2.44. The van der Waals surface area contributed by atoms with Gasteiger partial charge in [-0.3, -0.25) is 24.1 Å². The summed E-state index contributed by atoms with van der Waals surface area (Å²) in [5, 5.41) is 8.56. The zero-order valence-electron chi connectivity index (χ0n) is 49.0. The molecule has 16 heteroatoms. The van der Waals surface area contributed by atoms with Crippen LogP contribution in [-0.4, -0.2) is 140 Å². The van der Waals surface area contributed by atoms with Crippen molar-refractivity contribution in [2.45, 2.75) is 128 Å². The Balaban J connectivity index is 1.14. The minimum Gasteiger partial charge on any atom is -0.460 e. The minimum absolute atomic E-state index is 0.00591. The molecule has 0 bridgehead atoms. The van der Waals surface area contributed by atoms with Gasteiger partial charge in [0, 0.05) is 38.9 Å². The molecule has 0 saturated carbocycles. The number of ether oxygens (including phenoxy) is 3. The maximum Gasteiger partial charge on any atom is 0.357 e. The Hall–Kier alpha value is -5.91. The number of hydrogen-bond acceptors (Lipinski definition) is 12. The average molecular weight is 1130 g/mol. The predicted octanol–water partition coefficient (Wildman–Crippen LogP) is 10.1. The summed E-state index contributed by atoms with van der Waals surface area (Å²) in [5.74, 6) is -1.88. The molecular formula is C64H86N6O8S2. The molecule has 2 N–H and O–H groups in total. The fourth-order valence-corrected chi connectivity index (χ4v) is 13.7. The number of amides is 4. The molecule has 3 unspecified atom stereocenters. The highest BCUT2D eigenvalue weighted by atomic mass is 32.2. The Morgan fingerprint density at radius 3 is 1.82 bits per heavy atom. The minimum atomic E-state index is -0.791. The van der Waals surface area contributed by atoms with Gasteiger partial charge in [-0.1, -0.05) is 176 Å². The number of carbonyl (C=O) groups excluding carboxylic acids is 5. The van der Waals surface area contributed by atoms with Gasteiger partial charge in [-0.05, 0) is 73.4 Å². The van der Waals surface area contributed by atoms with Gasteiger partial charge >= 0.3 is 5.97 Å². The van der Waals surface area contributed by atoms with E-state index in [0.717, 1.165) is 28.7 Å². The summed E-state index contributed by atoms with van der Waals surface area (Å²) in [7, 11) is 8.60. The van der Waals surface area contributed by atoms with Crippen molar-refractivity contribution in [1.82, 2.24) is 30.3 Å². The molecule has 0 spiro atoms. The lowest BCUT2D eigenvalue weighted by Gasteiger charge is -2.41. The average Bonchev–Trinajstić information content (AvgIpc) is 4.18. The van der Waals surface area contributed by atoms with Crippen molar-refractivity contribution in [2.75, 3.05) is 54.3 Å². The first-order chi connectivity index (χ1) is 38.4. The molecular weight excluding hydrogens is 1040 g/mol. The second-order valence-corrected chi connectivity index (χ2v) is 24.3. The maximum atomic E-state index is 14.6. The van der Waals surface area contributed by atoms with Crippen LogP contribution in [-0.2, 0) is 44.6 Å². The van der Waals surface area contributed by atoms with Crippen LogP contribution in [0.15, 0.2) is 127 Å². The number of thioether (sulfide) groups is 1. The number of carbonyl (C=O) groups is 5. The van der Waals surface area contributed by atoms with E-state index in [-0.39, 0.29) is 60.1 Å². The Bertz CT molecular complexity index is 2630. The molecule has 1 aromatic heterocycles. The van der Waals surface area contributed by atoms with Gasteiger partial charge in [0.25, 0.3) is 0 Å². The second kappa shape index (κ2) is 30.2. The molecule has 1 saturated heterocycles. The highest BCUT2D eigenvalue weighted by Crippen LogP contribution is 2.48. The van der Waals surface area contributed by atoms with Crippen LogP contribution >= 0.6 is 23.1 Å². The number of nitrogens with zero attached hydrogens (tertiary/aromatic N) is 4. The number of likely N-dealkylation sites (N-methyl/N-ethyl adjacent to an activating group) is 2. The molecule has 0 radical (unpaired) electrons. The van der Waals surface area contributed by atoms with E-state index in [4.69, 9.17) is 19.2 Å². The number of likely N-dealkylation sites (tertiary alicyclic amines) is 1. The third-order valence-corrected chi connectivity index (χ3v) is 18.2. The van der Waals surface area contributed by atoms with Crippen molar-refractivity contribution in [1.29, 1.82) is 0 Å². The quantitative estimate of drug-likeness (QED) is 0.0267. The Labute approximate surface area is 484 Å². The summed E-state index contributed by atoms with van der Waals surface area (Å²) in [5.41, 5.74) is 4.49. The number of benzene rings is 4. The van der Waals surface area contributed by atoms with Crippen LogP contribution in [0.3, 0.4) is 0 Å². The summed E-state index contributed by atoms with van der Waals surface area (Å²) in [6.07, 6.45) is 1.14. The molecule has 1 aliphatic heterocycles. The van der Waals surface area contributed by atoms with E-state index < -0.39 is 59.1 Å². The summed E-state index contributed by atoms with van der Waals surface area (Å²) >= 11 is 3.00. The Morgan fingerprint density at radius 1 is 0.762 bits per heavy atom. The third kappa shape index (κ3) is 15.5. The molecule has 80 heavy (non-hydrogen) atoms. The normalized spacial score (nSPS) is 16.8. The van der Waals surface area contributed by atoms with E-state index in [1.807, 2.05) is 157 Å². The highest BCUT2D eigenvalue weighted by molar-refractivity contribution is 8.00. The van der Waals surface area contributed by atoms with Crippen LogP contribution < -0.4 is 10.6 Å². The lowest BCUT2D eigenvalue weighted by atomic mass is 9.84. The van der Waals surface area contributed by atoms with Crippen molar-refractivity contribution in [3.63, 3.8) is 0 Å².